The topological polar surface area (TPSA) is 34.6 Å². The number of nitrogens with zero attached hydrogens (tertiary/aromatic N) is 2. The first kappa shape index (κ1) is 23.8. The number of benzene rings is 1. The number of hydrogen-bond donors (Lipinski definition) is 0. The van der Waals surface area contributed by atoms with Gasteiger partial charge in [-0.2, -0.15) is 0 Å². The van der Waals surface area contributed by atoms with Crippen molar-refractivity contribution in [3.63, 3.8) is 0 Å². The maximum Gasteiger partial charge on any atom is 0.0966 e. The van der Waals surface area contributed by atoms with E-state index in [4.69, 9.17) is 9.47 Å². The third-order valence-electron chi connectivity index (χ3n) is 11.6. The van der Waals surface area contributed by atoms with E-state index in [2.05, 4.69) is 53.2 Å². The third kappa shape index (κ3) is 3.63. The summed E-state index contributed by atoms with van der Waals surface area (Å²) in [4.78, 5) is 7.18. The summed E-state index contributed by atoms with van der Waals surface area (Å²) < 4.78 is 13.1. The van der Waals surface area contributed by atoms with Crippen LogP contribution in [0.1, 0.15) is 82.6 Å². The van der Waals surface area contributed by atoms with Gasteiger partial charge in [0.05, 0.1) is 24.4 Å². The lowest BCUT2D eigenvalue weighted by molar-refractivity contribution is -0.123. The van der Waals surface area contributed by atoms with Crippen LogP contribution in [0.4, 0.5) is 0 Å². The fourth-order valence-corrected chi connectivity index (χ4v) is 9.13. The van der Waals surface area contributed by atoms with Crippen molar-refractivity contribution in [2.24, 2.45) is 11.3 Å². The van der Waals surface area contributed by atoms with Crippen LogP contribution in [-0.4, -0.2) is 53.4 Å². The maximum atomic E-state index is 7.47. The van der Waals surface area contributed by atoms with Crippen LogP contribution in [0, 0.1) is 11.3 Å². The van der Waals surface area contributed by atoms with Crippen molar-refractivity contribution in [2.45, 2.75) is 94.3 Å². The number of fused-ring (bicyclic) bond motifs is 1. The van der Waals surface area contributed by atoms with E-state index in [-0.39, 0.29) is 11.2 Å². The van der Waals surface area contributed by atoms with Gasteiger partial charge in [0, 0.05) is 35.8 Å². The predicted molar refractivity (Wildman–Crippen MR) is 151 cm³/mol. The summed E-state index contributed by atoms with van der Waals surface area (Å²) in [5.74, 6) is 1.14. The molecule has 0 radical (unpaired) electrons. The lowest BCUT2D eigenvalue weighted by Gasteiger charge is -2.50. The van der Waals surface area contributed by atoms with Crippen molar-refractivity contribution >= 4 is 10.8 Å². The highest BCUT2D eigenvalue weighted by atomic mass is 16.5. The second-order valence-corrected chi connectivity index (χ2v) is 13.7. The van der Waals surface area contributed by atoms with Gasteiger partial charge in [0.25, 0.3) is 0 Å². The molecule has 4 nitrogen and oxygen atoms in total. The largest absolute Gasteiger partial charge is 0.380 e. The van der Waals surface area contributed by atoms with Crippen LogP contribution in [0.15, 0.2) is 60.0 Å². The Hall–Kier alpha value is -2.01. The summed E-state index contributed by atoms with van der Waals surface area (Å²) in [7, 11) is 0. The highest BCUT2D eigenvalue weighted by Gasteiger charge is 2.60. The molecule has 38 heavy (non-hydrogen) atoms. The van der Waals surface area contributed by atoms with Gasteiger partial charge in [-0.25, -0.2) is 0 Å². The van der Waals surface area contributed by atoms with E-state index < -0.39 is 0 Å². The Morgan fingerprint density at radius 3 is 2.82 bits per heavy atom. The van der Waals surface area contributed by atoms with Gasteiger partial charge in [-0.3, -0.25) is 9.88 Å². The summed E-state index contributed by atoms with van der Waals surface area (Å²) in [6, 6.07) is 9.83. The van der Waals surface area contributed by atoms with Gasteiger partial charge in [0.1, 0.15) is 0 Å². The van der Waals surface area contributed by atoms with Crippen molar-refractivity contribution in [2.75, 3.05) is 26.3 Å². The highest BCUT2D eigenvalue weighted by molar-refractivity contribution is 5.82. The van der Waals surface area contributed by atoms with Crippen molar-refractivity contribution in [3.8, 4) is 0 Å². The van der Waals surface area contributed by atoms with Crippen molar-refractivity contribution in [3.05, 3.63) is 65.5 Å². The minimum atomic E-state index is -0.0817. The summed E-state index contributed by atoms with van der Waals surface area (Å²) in [5, 5.41) is 2.55. The molecule has 1 saturated carbocycles. The van der Waals surface area contributed by atoms with Crippen LogP contribution in [0.25, 0.3) is 10.8 Å². The number of pyridine rings is 1. The van der Waals surface area contributed by atoms with E-state index in [0.29, 0.717) is 23.3 Å². The monoisotopic (exact) mass is 510 g/mol. The zero-order valence-electron chi connectivity index (χ0n) is 23.0. The smallest absolute Gasteiger partial charge is 0.0966 e. The molecule has 2 aliphatic carbocycles. The predicted octanol–water partition coefficient (Wildman–Crippen LogP) is 6.96. The maximum absolute atomic E-state index is 7.47. The first-order valence-corrected chi connectivity index (χ1v) is 15.3. The van der Waals surface area contributed by atoms with Gasteiger partial charge in [-0.1, -0.05) is 31.2 Å². The molecule has 1 aromatic heterocycles. The Morgan fingerprint density at radius 1 is 1.00 bits per heavy atom. The van der Waals surface area contributed by atoms with Crippen LogP contribution >= 0.6 is 0 Å². The standard InChI is InChI=1S/C34H42N2O2/c1-24-5-6-25(27-8-7-26-11-15-35-20-28(26)17-27)3-2-4-30-18-29-9-10-31(19-33(29)12-13-34(24,30)38-33)36-16-14-32(21-36)22-37-23-32/h4,7-8,11,15,17-18,20,24-25,31H,2-3,5-6,9-10,12-14,16,19,21-23H2,1H3/b30-4-/t24-,25?,31+,33+,34-/m0/s1. The van der Waals surface area contributed by atoms with E-state index in [1.807, 2.05) is 12.4 Å². The molecule has 2 aromatic rings. The van der Waals surface area contributed by atoms with Crippen LogP contribution in [0.5, 0.6) is 0 Å². The number of rotatable bonds is 2. The Morgan fingerprint density at radius 2 is 1.95 bits per heavy atom. The molecule has 0 N–H and O–H groups in total. The third-order valence-corrected chi connectivity index (χ3v) is 11.6. The fourth-order valence-electron chi connectivity index (χ4n) is 9.13. The summed E-state index contributed by atoms with van der Waals surface area (Å²) in [6.07, 6.45) is 21.4. The van der Waals surface area contributed by atoms with Crippen molar-refractivity contribution in [1.29, 1.82) is 0 Å². The molecule has 4 heteroatoms. The lowest BCUT2D eigenvalue weighted by atomic mass is 9.73. The number of ether oxygens (including phenoxy) is 2. The molecule has 1 aromatic carbocycles. The summed E-state index contributed by atoms with van der Waals surface area (Å²) in [6.45, 7) is 6.94. The molecule has 1 unspecified atom stereocenters. The van der Waals surface area contributed by atoms with Gasteiger partial charge in [0.15, 0.2) is 0 Å². The van der Waals surface area contributed by atoms with E-state index in [1.165, 1.54) is 92.8 Å². The van der Waals surface area contributed by atoms with Crippen LogP contribution in [0.2, 0.25) is 0 Å². The molecule has 4 aliphatic heterocycles. The molecule has 2 bridgehead atoms. The zero-order valence-corrected chi connectivity index (χ0v) is 23.0. The molecule has 3 spiro atoms. The molecule has 8 rings (SSSR count). The second kappa shape index (κ2) is 8.74. The van der Waals surface area contributed by atoms with Crippen LogP contribution < -0.4 is 0 Å². The quantitative estimate of drug-likeness (QED) is 0.438. The minimum absolute atomic E-state index is 0.0147. The number of allylic oxidation sites excluding steroid dienone is 1. The lowest BCUT2D eigenvalue weighted by Crippen LogP contribution is -2.52. The first-order valence-electron chi connectivity index (χ1n) is 15.3. The first-order chi connectivity index (χ1) is 18.6. The average molecular weight is 511 g/mol. The van der Waals surface area contributed by atoms with Crippen LogP contribution in [0.3, 0.4) is 0 Å². The van der Waals surface area contributed by atoms with E-state index in [9.17, 15) is 0 Å². The molecular formula is C34H42N2O2. The van der Waals surface area contributed by atoms with Crippen molar-refractivity contribution < 1.29 is 9.47 Å². The SMILES string of the molecule is C[C@H]1CCC(c2ccc3ccncc3c2)CC/C=C2/C=C3CC[C@@H](N4CCC5(COC5)C4)C[C@]34CC[C@@]21O4. The fraction of sp³-hybridized carbons (Fsp3) is 0.618. The average Bonchev–Trinajstić information content (AvgIpc) is 3.53. The summed E-state index contributed by atoms with van der Waals surface area (Å²) >= 11 is 0. The Kier molecular flexibility index (Phi) is 5.49. The molecule has 5 atom stereocenters. The molecule has 4 fully saturated rings. The molecular weight excluding hydrogens is 468 g/mol. The number of aromatic nitrogens is 1. The zero-order chi connectivity index (χ0) is 25.4. The highest BCUT2D eigenvalue weighted by Crippen LogP contribution is 2.60. The Labute approximate surface area is 227 Å². The molecule has 3 saturated heterocycles. The van der Waals surface area contributed by atoms with Gasteiger partial charge in [0.2, 0.25) is 0 Å². The van der Waals surface area contributed by atoms with Crippen molar-refractivity contribution in [1.82, 2.24) is 9.88 Å². The molecule has 0 amide bonds. The number of likely N-dealkylation sites (tertiary alicyclic amines) is 1. The molecule has 5 heterocycles. The van der Waals surface area contributed by atoms with Gasteiger partial charge in [-0.05, 0) is 117 Å². The molecule has 200 valence electrons. The summed E-state index contributed by atoms with van der Waals surface area (Å²) in [5.41, 5.74) is 4.98. The van der Waals surface area contributed by atoms with Gasteiger partial charge >= 0.3 is 0 Å². The van der Waals surface area contributed by atoms with Crippen LogP contribution in [-0.2, 0) is 9.47 Å². The minimum Gasteiger partial charge on any atom is -0.380 e. The normalized spacial score (nSPS) is 39.8. The molecule has 6 aliphatic rings. The Balaban J connectivity index is 1.04. The van der Waals surface area contributed by atoms with E-state index >= 15 is 0 Å². The number of hydrogen-bond acceptors (Lipinski definition) is 4. The van der Waals surface area contributed by atoms with E-state index in [0.717, 1.165) is 19.6 Å². The van der Waals surface area contributed by atoms with Gasteiger partial charge < -0.3 is 9.47 Å². The van der Waals surface area contributed by atoms with E-state index in [1.54, 1.807) is 5.57 Å². The second-order valence-electron chi connectivity index (χ2n) is 13.7. The van der Waals surface area contributed by atoms with Gasteiger partial charge in [-0.15, -0.1) is 0 Å². The Bertz CT molecular complexity index is 1310.